The van der Waals surface area contributed by atoms with Gasteiger partial charge in [0.15, 0.2) is 0 Å². The van der Waals surface area contributed by atoms with Crippen LogP contribution in [0.5, 0.6) is 0 Å². The van der Waals surface area contributed by atoms with Crippen molar-refractivity contribution in [3.63, 3.8) is 0 Å². The van der Waals surface area contributed by atoms with Gasteiger partial charge in [-0.15, -0.1) is 0 Å². The number of primary sulfonamides is 1. The second-order valence-electron chi connectivity index (χ2n) is 2.58. The minimum Gasteiger partial charge on any atom is -0.225 e. The van der Waals surface area contributed by atoms with Crippen LogP contribution in [0, 0.1) is 0 Å². The Morgan fingerprint density at radius 2 is 2.15 bits per heavy atom. The van der Waals surface area contributed by atoms with Crippen molar-refractivity contribution in [2.24, 2.45) is 5.14 Å². The number of fused-ring (bicyclic) bond motifs is 1. The molecule has 0 saturated carbocycles. The van der Waals surface area contributed by atoms with Crippen molar-refractivity contribution < 1.29 is 8.42 Å². The molecule has 0 atom stereocenters. The van der Waals surface area contributed by atoms with Gasteiger partial charge in [-0.25, -0.2) is 13.6 Å². The highest BCUT2D eigenvalue weighted by Crippen LogP contribution is 2.18. The van der Waals surface area contributed by atoms with Gasteiger partial charge in [-0.3, -0.25) is 0 Å². The third-order valence-corrected chi connectivity index (χ3v) is 3.23. The number of rotatable bonds is 1. The number of sulfonamides is 1. The molecule has 68 valence electrons. The van der Waals surface area contributed by atoms with Crippen LogP contribution in [0.15, 0.2) is 28.5 Å². The van der Waals surface area contributed by atoms with Gasteiger partial charge in [-0.05, 0) is 29.7 Å². The molecule has 1 aromatic heterocycles. The maximum atomic E-state index is 11.0. The summed E-state index contributed by atoms with van der Waals surface area (Å²) in [5, 5.41) is 7.56. The molecule has 0 aliphatic carbocycles. The minimum atomic E-state index is -3.60. The maximum absolute atomic E-state index is 11.0. The van der Waals surface area contributed by atoms with E-state index in [2.05, 4.69) is 4.37 Å². The van der Waals surface area contributed by atoms with Crippen LogP contribution >= 0.6 is 11.5 Å². The molecule has 0 aliphatic rings. The van der Waals surface area contributed by atoms with Crippen LogP contribution in [0.2, 0.25) is 0 Å². The maximum Gasteiger partial charge on any atom is 0.238 e. The molecule has 13 heavy (non-hydrogen) atoms. The summed E-state index contributed by atoms with van der Waals surface area (Å²) in [5.41, 5.74) is 0.789. The summed E-state index contributed by atoms with van der Waals surface area (Å²) in [6.07, 6.45) is 0. The van der Waals surface area contributed by atoms with E-state index in [4.69, 9.17) is 5.14 Å². The molecule has 0 unspecified atom stereocenters. The molecule has 1 heterocycles. The van der Waals surface area contributed by atoms with E-state index < -0.39 is 10.0 Å². The summed E-state index contributed by atoms with van der Waals surface area (Å²) in [7, 11) is -3.60. The zero-order valence-corrected chi connectivity index (χ0v) is 8.10. The molecule has 0 radical (unpaired) electrons. The van der Waals surface area contributed by atoms with E-state index in [1.165, 1.54) is 23.7 Å². The lowest BCUT2D eigenvalue weighted by molar-refractivity contribution is 0.598. The quantitative estimate of drug-likeness (QED) is 0.767. The van der Waals surface area contributed by atoms with Crippen LogP contribution in [0.4, 0.5) is 0 Å². The van der Waals surface area contributed by atoms with Gasteiger partial charge in [-0.2, -0.15) is 4.37 Å². The summed E-state index contributed by atoms with van der Waals surface area (Å²) >= 11 is 1.29. The van der Waals surface area contributed by atoms with Crippen molar-refractivity contribution in [1.29, 1.82) is 0 Å². The van der Waals surface area contributed by atoms with Crippen molar-refractivity contribution in [2.45, 2.75) is 4.90 Å². The van der Waals surface area contributed by atoms with Crippen LogP contribution < -0.4 is 5.14 Å². The molecule has 4 nitrogen and oxygen atoms in total. The molecule has 0 fully saturated rings. The van der Waals surface area contributed by atoms with Gasteiger partial charge in [0.2, 0.25) is 10.0 Å². The Hall–Kier alpha value is -0.980. The van der Waals surface area contributed by atoms with Crippen molar-refractivity contribution in [1.82, 2.24) is 4.37 Å². The lowest BCUT2D eigenvalue weighted by Gasteiger charge is -1.96. The molecule has 0 spiro atoms. The van der Waals surface area contributed by atoms with E-state index in [1.807, 2.05) is 0 Å². The summed E-state index contributed by atoms with van der Waals surface area (Å²) < 4.78 is 26.0. The third kappa shape index (κ3) is 1.55. The predicted molar refractivity (Wildman–Crippen MR) is 51.0 cm³/mol. The summed E-state index contributed by atoms with van der Waals surface area (Å²) in [6, 6.07) is 4.62. The second-order valence-corrected chi connectivity index (χ2v) is 4.77. The van der Waals surface area contributed by atoms with Crippen LogP contribution in [0.1, 0.15) is 0 Å². The number of nitrogens with two attached hydrogens (primary N) is 1. The molecule has 2 rings (SSSR count). The van der Waals surface area contributed by atoms with Crippen LogP contribution in [0.3, 0.4) is 0 Å². The zero-order valence-electron chi connectivity index (χ0n) is 6.47. The lowest BCUT2D eigenvalue weighted by Crippen LogP contribution is -2.11. The van der Waals surface area contributed by atoms with E-state index >= 15 is 0 Å². The van der Waals surface area contributed by atoms with Crippen LogP contribution in [0.25, 0.3) is 10.9 Å². The smallest absolute Gasteiger partial charge is 0.225 e. The Morgan fingerprint density at radius 1 is 1.38 bits per heavy atom. The van der Waals surface area contributed by atoms with Gasteiger partial charge in [0.1, 0.15) is 0 Å². The van der Waals surface area contributed by atoms with Gasteiger partial charge in [0, 0.05) is 10.8 Å². The number of benzene rings is 1. The second kappa shape index (κ2) is 2.76. The first kappa shape index (κ1) is 8.61. The molecule has 2 aromatic rings. The molecular weight excluding hydrogens is 208 g/mol. The van der Waals surface area contributed by atoms with E-state index in [0.29, 0.717) is 0 Å². The highest BCUT2D eigenvalue weighted by Gasteiger charge is 2.08. The predicted octanol–water partition coefficient (Wildman–Crippen LogP) is 0.944. The third-order valence-electron chi connectivity index (χ3n) is 1.66. The molecular formula is C7H6N2O2S2. The minimum absolute atomic E-state index is 0.125. The monoisotopic (exact) mass is 214 g/mol. The fourth-order valence-electron chi connectivity index (χ4n) is 1.03. The lowest BCUT2D eigenvalue weighted by atomic mass is 10.3. The Balaban J connectivity index is 2.75. The normalized spacial score (nSPS) is 12.1. The number of hydrogen-bond acceptors (Lipinski definition) is 4. The van der Waals surface area contributed by atoms with E-state index in [1.54, 1.807) is 11.4 Å². The SMILES string of the molecule is NS(=O)(=O)c1ccc2nscc2c1. The van der Waals surface area contributed by atoms with Gasteiger partial charge < -0.3 is 0 Å². The van der Waals surface area contributed by atoms with E-state index in [9.17, 15) is 8.42 Å². The van der Waals surface area contributed by atoms with Crippen molar-refractivity contribution in [2.75, 3.05) is 0 Å². The number of hydrogen-bond donors (Lipinski definition) is 1. The van der Waals surface area contributed by atoms with Crippen molar-refractivity contribution >= 4 is 32.5 Å². The highest BCUT2D eigenvalue weighted by molar-refractivity contribution is 7.89. The first-order chi connectivity index (χ1) is 6.07. The number of aromatic nitrogens is 1. The Kier molecular flexibility index (Phi) is 1.83. The van der Waals surface area contributed by atoms with Crippen LogP contribution in [-0.2, 0) is 10.0 Å². The largest absolute Gasteiger partial charge is 0.238 e. The zero-order chi connectivity index (χ0) is 9.47. The topological polar surface area (TPSA) is 73.1 Å². The summed E-state index contributed by atoms with van der Waals surface area (Å²) in [4.78, 5) is 0.125. The summed E-state index contributed by atoms with van der Waals surface area (Å²) in [6.45, 7) is 0. The molecule has 2 N–H and O–H groups in total. The first-order valence-corrected chi connectivity index (χ1v) is 5.82. The molecule has 0 aliphatic heterocycles. The molecule has 0 saturated heterocycles. The highest BCUT2D eigenvalue weighted by atomic mass is 32.2. The Morgan fingerprint density at radius 3 is 2.85 bits per heavy atom. The van der Waals surface area contributed by atoms with Gasteiger partial charge in [0.05, 0.1) is 10.4 Å². The number of nitrogens with zero attached hydrogens (tertiary/aromatic N) is 1. The molecule has 6 heteroatoms. The Bertz CT molecular complexity index is 544. The van der Waals surface area contributed by atoms with E-state index in [-0.39, 0.29) is 4.90 Å². The first-order valence-electron chi connectivity index (χ1n) is 3.44. The molecule has 1 aromatic carbocycles. The van der Waals surface area contributed by atoms with E-state index in [0.717, 1.165) is 10.9 Å². The van der Waals surface area contributed by atoms with Crippen LogP contribution in [-0.4, -0.2) is 12.8 Å². The average Bonchev–Trinajstić information content (AvgIpc) is 2.47. The average molecular weight is 214 g/mol. The standard InChI is InChI=1S/C7H6N2O2S2/c8-13(10,11)6-1-2-7-5(3-6)4-12-9-7/h1-4H,(H2,8,10,11). The van der Waals surface area contributed by atoms with Crippen molar-refractivity contribution in [3.05, 3.63) is 23.6 Å². The van der Waals surface area contributed by atoms with Gasteiger partial charge in [-0.1, -0.05) is 0 Å². The Labute approximate surface area is 79.2 Å². The van der Waals surface area contributed by atoms with Crippen molar-refractivity contribution in [3.8, 4) is 0 Å². The molecule has 0 amide bonds. The summed E-state index contributed by atoms with van der Waals surface area (Å²) in [5.74, 6) is 0. The fraction of sp³-hybridized carbons (Fsp3) is 0. The fourth-order valence-corrected chi connectivity index (χ4v) is 2.21. The van der Waals surface area contributed by atoms with Gasteiger partial charge >= 0.3 is 0 Å². The van der Waals surface area contributed by atoms with Gasteiger partial charge in [0.25, 0.3) is 0 Å². The molecule has 0 bridgehead atoms.